The van der Waals surface area contributed by atoms with Crippen molar-refractivity contribution >= 4 is 5.97 Å². The first kappa shape index (κ1) is 10.2. The van der Waals surface area contributed by atoms with Crippen molar-refractivity contribution in [3.8, 4) is 0 Å². The summed E-state index contributed by atoms with van der Waals surface area (Å²) in [6.07, 6.45) is 2.58. The summed E-state index contributed by atoms with van der Waals surface area (Å²) in [6.45, 7) is 7.87. The van der Waals surface area contributed by atoms with Gasteiger partial charge in [0.15, 0.2) is 0 Å². The summed E-state index contributed by atoms with van der Waals surface area (Å²) < 4.78 is 0. The Bertz CT molecular complexity index is 172. The van der Waals surface area contributed by atoms with Crippen LogP contribution in [0.25, 0.3) is 0 Å². The van der Waals surface area contributed by atoms with Crippen LogP contribution in [0.2, 0.25) is 0 Å². The van der Waals surface area contributed by atoms with E-state index in [2.05, 4.69) is 20.8 Å². The fourth-order valence-corrected chi connectivity index (χ4v) is 0.547. The maximum absolute atomic E-state index is 10.3. The lowest BCUT2D eigenvalue weighted by Crippen LogP contribution is -2.04. The summed E-state index contributed by atoms with van der Waals surface area (Å²) in [4.78, 5) is 10.3. The smallest absolute Gasteiger partial charge is 0.330 e. The lowest BCUT2D eigenvalue weighted by molar-refractivity contribution is -0.132. The Morgan fingerprint density at radius 3 is 2.18 bits per heavy atom. The van der Waals surface area contributed by atoms with Gasteiger partial charge in [0.1, 0.15) is 0 Å². The second-order valence-electron chi connectivity index (χ2n) is 3.96. The van der Waals surface area contributed by atoms with Gasteiger partial charge in [0, 0.05) is 5.57 Å². The Labute approximate surface area is 67.9 Å². The van der Waals surface area contributed by atoms with Crippen LogP contribution >= 0.6 is 0 Å². The highest BCUT2D eigenvalue weighted by Gasteiger charge is 2.08. The Morgan fingerprint density at radius 1 is 1.45 bits per heavy atom. The number of carboxylic acids is 1. The zero-order valence-electron chi connectivity index (χ0n) is 7.64. The largest absolute Gasteiger partial charge is 0.478 e. The van der Waals surface area contributed by atoms with Gasteiger partial charge in [-0.2, -0.15) is 0 Å². The van der Waals surface area contributed by atoms with Gasteiger partial charge in [0.05, 0.1) is 0 Å². The van der Waals surface area contributed by atoms with Gasteiger partial charge in [-0.3, -0.25) is 0 Å². The van der Waals surface area contributed by atoms with Crippen LogP contribution in [0.15, 0.2) is 11.6 Å². The minimum atomic E-state index is -0.825. The molecule has 0 aliphatic heterocycles. The van der Waals surface area contributed by atoms with Gasteiger partial charge in [0.2, 0.25) is 0 Å². The minimum absolute atomic E-state index is 0.177. The van der Waals surface area contributed by atoms with Crippen LogP contribution < -0.4 is 0 Å². The van der Waals surface area contributed by atoms with Crippen LogP contribution in [-0.2, 0) is 4.79 Å². The molecule has 2 heteroatoms. The van der Waals surface area contributed by atoms with Gasteiger partial charge in [-0.05, 0) is 18.8 Å². The number of hydrogen-bond acceptors (Lipinski definition) is 1. The van der Waals surface area contributed by atoms with E-state index in [1.165, 1.54) is 0 Å². The van der Waals surface area contributed by atoms with Crippen molar-refractivity contribution < 1.29 is 9.90 Å². The molecule has 0 spiro atoms. The fraction of sp³-hybridized carbons (Fsp3) is 0.667. The topological polar surface area (TPSA) is 37.3 Å². The van der Waals surface area contributed by atoms with E-state index in [1.54, 1.807) is 13.0 Å². The van der Waals surface area contributed by atoms with Crippen molar-refractivity contribution in [1.29, 1.82) is 0 Å². The molecule has 0 aliphatic rings. The first-order valence-electron chi connectivity index (χ1n) is 3.73. The zero-order valence-corrected chi connectivity index (χ0v) is 7.64. The van der Waals surface area contributed by atoms with Gasteiger partial charge < -0.3 is 5.11 Å². The summed E-state index contributed by atoms with van der Waals surface area (Å²) in [7, 11) is 0. The van der Waals surface area contributed by atoms with E-state index >= 15 is 0 Å². The molecular weight excluding hydrogens is 140 g/mol. The van der Waals surface area contributed by atoms with Gasteiger partial charge in [-0.15, -0.1) is 0 Å². The monoisotopic (exact) mass is 156 g/mol. The van der Waals surface area contributed by atoms with Gasteiger partial charge in [-0.1, -0.05) is 26.8 Å². The molecule has 64 valence electrons. The maximum Gasteiger partial charge on any atom is 0.330 e. The van der Waals surface area contributed by atoms with Crippen LogP contribution in [0, 0.1) is 5.41 Å². The highest BCUT2D eigenvalue weighted by Crippen LogP contribution is 2.19. The van der Waals surface area contributed by atoms with Crippen molar-refractivity contribution in [2.45, 2.75) is 34.1 Å². The van der Waals surface area contributed by atoms with Crippen molar-refractivity contribution in [3.63, 3.8) is 0 Å². The third-order valence-electron chi connectivity index (χ3n) is 1.36. The molecule has 0 heterocycles. The van der Waals surface area contributed by atoms with Crippen LogP contribution in [0.4, 0.5) is 0 Å². The van der Waals surface area contributed by atoms with E-state index in [0.717, 1.165) is 6.42 Å². The van der Waals surface area contributed by atoms with Crippen molar-refractivity contribution in [1.82, 2.24) is 0 Å². The van der Waals surface area contributed by atoms with E-state index in [-0.39, 0.29) is 5.41 Å². The number of aliphatic carboxylic acids is 1. The van der Waals surface area contributed by atoms with Crippen LogP contribution in [0.3, 0.4) is 0 Å². The molecule has 0 aromatic carbocycles. The summed E-state index contributed by atoms with van der Waals surface area (Å²) in [5.74, 6) is -0.825. The Balaban J connectivity index is 4.04. The average Bonchev–Trinajstić information content (AvgIpc) is 1.80. The molecule has 0 amide bonds. The van der Waals surface area contributed by atoms with Crippen LogP contribution in [0.1, 0.15) is 34.1 Å². The zero-order chi connectivity index (χ0) is 9.07. The average molecular weight is 156 g/mol. The molecule has 0 aromatic rings. The predicted octanol–water partition coefficient (Wildman–Crippen LogP) is 2.45. The molecule has 0 saturated heterocycles. The Kier molecular flexibility index (Phi) is 3.30. The standard InChI is InChI=1S/C9H16O2/c1-7(8(10)11)5-6-9(2,3)4/h5H,6H2,1-4H3,(H,10,11)/b7-5+. The molecule has 1 N–H and O–H groups in total. The summed E-state index contributed by atoms with van der Waals surface area (Å²) in [6, 6.07) is 0. The third kappa shape index (κ3) is 5.64. The van der Waals surface area contributed by atoms with E-state index in [9.17, 15) is 4.79 Å². The number of hydrogen-bond donors (Lipinski definition) is 1. The highest BCUT2D eigenvalue weighted by atomic mass is 16.4. The molecular formula is C9H16O2. The number of carboxylic acid groups (broad SMARTS) is 1. The van der Waals surface area contributed by atoms with E-state index < -0.39 is 5.97 Å². The number of allylic oxidation sites excluding steroid dienone is 1. The summed E-state index contributed by atoms with van der Waals surface area (Å²) >= 11 is 0. The van der Waals surface area contributed by atoms with E-state index in [0.29, 0.717) is 5.57 Å². The predicted molar refractivity (Wildman–Crippen MR) is 45.5 cm³/mol. The molecule has 0 fully saturated rings. The normalized spacial score (nSPS) is 13.3. The summed E-state index contributed by atoms with van der Waals surface area (Å²) in [5, 5.41) is 8.51. The first-order chi connectivity index (χ1) is 4.83. The van der Waals surface area contributed by atoms with Crippen molar-refractivity contribution in [2.24, 2.45) is 5.41 Å². The molecule has 0 unspecified atom stereocenters. The highest BCUT2D eigenvalue weighted by molar-refractivity contribution is 5.85. The lowest BCUT2D eigenvalue weighted by Gasteiger charge is -2.14. The molecule has 11 heavy (non-hydrogen) atoms. The molecule has 0 atom stereocenters. The van der Waals surface area contributed by atoms with E-state index in [1.807, 2.05) is 0 Å². The molecule has 0 rings (SSSR count). The van der Waals surface area contributed by atoms with Crippen LogP contribution in [0.5, 0.6) is 0 Å². The molecule has 0 aliphatic carbocycles. The minimum Gasteiger partial charge on any atom is -0.478 e. The van der Waals surface area contributed by atoms with Gasteiger partial charge in [-0.25, -0.2) is 4.79 Å². The summed E-state index contributed by atoms with van der Waals surface area (Å²) in [5.41, 5.74) is 0.608. The molecule has 0 aromatic heterocycles. The Morgan fingerprint density at radius 2 is 1.91 bits per heavy atom. The fourth-order valence-electron chi connectivity index (χ4n) is 0.547. The first-order valence-corrected chi connectivity index (χ1v) is 3.73. The van der Waals surface area contributed by atoms with Crippen molar-refractivity contribution in [3.05, 3.63) is 11.6 Å². The molecule has 0 saturated carbocycles. The maximum atomic E-state index is 10.3. The second kappa shape index (κ2) is 3.56. The molecule has 2 nitrogen and oxygen atoms in total. The van der Waals surface area contributed by atoms with Gasteiger partial charge >= 0.3 is 5.97 Å². The third-order valence-corrected chi connectivity index (χ3v) is 1.36. The van der Waals surface area contributed by atoms with Crippen LogP contribution in [-0.4, -0.2) is 11.1 Å². The van der Waals surface area contributed by atoms with E-state index in [4.69, 9.17) is 5.11 Å². The Hall–Kier alpha value is -0.790. The SMILES string of the molecule is C/C(=C\CC(C)(C)C)C(=O)O. The second-order valence-corrected chi connectivity index (χ2v) is 3.96. The molecule has 0 bridgehead atoms. The number of rotatable bonds is 2. The quantitative estimate of drug-likeness (QED) is 0.623. The molecule has 0 radical (unpaired) electrons. The van der Waals surface area contributed by atoms with Gasteiger partial charge in [0.25, 0.3) is 0 Å². The number of carbonyl (C=O) groups is 1. The van der Waals surface area contributed by atoms with Crippen molar-refractivity contribution in [2.75, 3.05) is 0 Å². The lowest BCUT2D eigenvalue weighted by atomic mass is 9.91.